The summed E-state index contributed by atoms with van der Waals surface area (Å²) in [6, 6.07) is -0.138. The Bertz CT molecular complexity index is 399. The van der Waals surface area contributed by atoms with E-state index in [4.69, 9.17) is 5.73 Å². The largest absolute Gasteiger partial charge is 0.337 e. The van der Waals surface area contributed by atoms with Crippen molar-refractivity contribution < 1.29 is 4.79 Å². The Morgan fingerprint density at radius 1 is 1.71 bits per heavy atom. The Labute approximate surface area is 102 Å². The minimum Gasteiger partial charge on any atom is -0.337 e. The second-order valence-corrected chi connectivity index (χ2v) is 4.74. The van der Waals surface area contributed by atoms with E-state index in [1.165, 1.54) is 0 Å². The molecule has 2 atom stereocenters. The summed E-state index contributed by atoms with van der Waals surface area (Å²) in [5.41, 5.74) is 5.67. The Morgan fingerprint density at radius 2 is 2.47 bits per heavy atom. The summed E-state index contributed by atoms with van der Waals surface area (Å²) in [7, 11) is 0. The predicted molar refractivity (Wildman–Crippen MR) is 65.3 cm³/mol. The highest BCUT2D eigenvalue weighted by Crippen LogP contribution is 2.20. The molecule has 0 bridgehead atoms. The van der Waals surface area contributed by atoms with Gasteiger partial charge in [0.15, 0.2) is 0 Å². The summed E-state index contributed by atoms with van der Waals surface area (Å²) >= 11 is 0. The lowest BCUT2D eigenvalue weighted by molar-refractivity contribution is -0.133. The maximum Gasteiger partial charge on any atom is 0.239 e. The van der Waals surface area contributed by atoms with Gasteiger partial charge in [-0.1, -0.05) is 0 Å². The molecule has 2 unspecified atom stereocenters. The van der Waals surface area contributed by atoms with Crippen LogP contribution in [0.1, 0.15) is 25.6 Å². The summed E-state index contributed by atoms with van der Waals surface area (Å²) < 4.78 is 2.09. The van der Waals surface area contributed by atoms with Gasteiger partial charge in [0, 0.05) is 31.5 Å². The van der Waals surface area contributed by atoms with E-state index < -0.39 is 6.04 Å². The van der Waals surface area contributed by atoms with Crippen molar-refractivity contribution in [3.63, 3.8) is 0 Å². The second-order valence-electron chi connectivity index (χ2n) is 4.74. The number of aryl methyl sites for hydroxylation is 1. The maximum atomic E-state index is 11.9. The lowest BCUT2D eigenvalue weighted by Gasteiger charge is -2.26. The number of imidazole rings is 1. The van der Waals surface area contributed by atoms with E-state index in [0.717, 1.165) is 31.8 Å². The third kappa shape index (κ3) is 2.49. The molecule has 1 aliphatic heterocycles. The average Bonchev–Trinajstić information content (AvgIpc) is 2.88. The number of likely N-dealkylation sites (tertiary alicyclic amines) is 1. The molecule has 1 saturated heterocycles. The normalized spacial score (nSPS) is 21.8. The van der Waals surface area contributed by atoms with Crippen molar-refractivity contribution in [3.05, 3.63) is 18.2 Å². The first-order valence-electron chi connectivity index (χ1n) is 6.13. The third-order valence-electron chi connectivity index (χ3n) is 3.38. The van der Waals surface area contributed by atoms with Crippen molar-refractivity contribution in [3.8, 4) is 0 Å². The van der Waals surface area contributed by atoms with Crippen LogP contribution in [-0.4, -0.2) is 39.0 Å². The van der Waals surface area contributed by atoms with Crippen LogP contribution in [0.4, 0.5) is 0 Å². The first-order valence-corrected chi connectivity index (χ1v) is 6.13. The molecule has 94 valence electrons. The first-order chi connectivity index (χ1) is 8.09. The van der Waals surface area contributed by atoms with Crippen molar-refractivity contribution in [1.82, 2.24) is 14.5 Å². The minimum absolute atomic E-state index is 0.0604. The number of rotatable bonds is 3. The molecule has 5 heteroatoms. The highest BCUT2D eigenvalue weighted by molar-refractivity contribution is 5.81. The molecule has 0 aliphatic carbocycles. The van der Waals surface area contributed by atoms with Crippen molar-refractivity contribution in [2.45, 2.75) is 45.3 Å². The highest BCUT2D eigenvalue weighted by Gasteiger charge is 2.30. The molecule has 0 aromatic carbocycles. The fraction of sp³-hybridized carbons (Fsp3) is 0.667. The monoisotopic (exact) mass is 236 g/mol. The fourth-order valence-electron chi connectivity index (χ4n) is 2.40. The van der Waals surface area contributed by atoms with Gasteiger partial charge in [-0.15, -0.1) is 0 Å². The predicted octanol–water partition coefficient (Wildman–Crippen LogP) is 0.530. The molecule has 2 rings (SSSR count). The summed E-state index contributed by atoms with van der Waals surface area (Å²) in [5, 5.41) is 0. The minimum atomic E-state index is -0.403. The van der Waals surface area contributed by atoms with Gasteiger partial charge in [0.25, 0.3) is 0 Å². The van der Waals surface area contributed by atoms with Gasteiger partial charge in [-0.25, -0.2) is 4.98 Å². The van der Waals surface area contributed by atoms with E-state index >= 15 is 0 Å². The number of amides is 1. The highest BCUT2D eigenvalue weighted by atomic mass is 16.2. The molecule has 1 aromatic rings. The Balaban J connectivity index is 2.05. The van der Waals surface area contributed by atoms with Gasteiger partial charge in [-0.3, -0.25) is 4.79 Å². The van der Waals surface area contributed by atoms with Crippen molar-refractivity contribution in [1.29, 1.82) is 0 Å². The van der Waals surface area contributed by atoms with Crippen molar-refractivity contribution in [2.75, 3.05) is 6.54 Å². The zero-order valence-electron chi connectivity index (χ0n) is 10.5. The van der Waals surface area contributed by atoms with E-state index in [2.05, 4.69) is 9.55 Å². The van der Waals surface area contributed by atoms with Gasteiger partial charge in [0.1, 0.15) is 5.82 Å². The van der Waals surface area contributed by atoms with E-state index in [1.54, 1.807) is 13.1 Å². The summed E-state index contributed by atoms with van der Waals surface area (Å²) in [4.78, 5) is 18.1. The Hall–Kier alpha value is -1.36. The molecule has 0 radical (unpaired) electrons. The second kappa shape index (κ2) is 4.87. The average molecular weight is 236 g/mol. The molecular formula is C12H20N4O. The Kier molecular flexibility index (Phi) is 3.47. The van der Waals surface area contributed by atoms with Gasteiger partial charge in [0.05, 0.1) is 6.04 Å². The maximum absolute atomic E-state index is 11.9. The van der Waals surface area contributed by atoms with Crippen molar-refractivity contribution in [2.24, 2.45) is 5.73 Å². The number of carbonyl (C=O) groups is 1. The van der Waals surface area contributed by atoms with Crippen LogP contribution in [0.25, 0.3) is 0 Å². The smallest absolute Gasteiger partial charge is 0.239 e. The van der Waals surface area contributed by atoms with Crippen LogP contribution in [0.3, 0.4) is 0 Å². The molecule has 1 fully saturated rings. The summed E-state index contributed by atoms with van der Waals surface area (Å²) in [6.45, 7) is 5.38. The number of aromatic nitrogens is 2. The summed E-state index contributed by atoms with van der Waals surface area (Å²) in [6.07, 6.45) is 5.87. The van der Waals surface area contributed by atoms with Gasteiger partial charge in [-0.2, -0.15) is 0 Å². The van der Waals surface area contributed by atoms with Crippen LogP contribution in [0, 0.1) is 6.92 Å². The Morgan fingerprint density at radius 3 is 3.06 bits per heavy atom. The number of carbonyl (C=O) groups excluding carboxylic acids is 1. The van der Waals surface area contributed by atoms with Crippen LogP contribution < -0.4 is 5.73 Å². The fourth-order valence-corrected chi connectivity index (χ4v) is 2.40. The molecule has 1 aliphatic rings. The lowest BCUT2D eigenvalue weighted by atomic mass is 10.2. The number of nitrogens with two attached hydrogens (primary N) is 1. The molecular weight excluding hydrogens is 216 g/mol. The molecule has 17 heavy (non-hydrogen) atoms. The summed E-state index contributed by atoms with van der Waals surface area (Å²) in [5.74, 6) is 1.05. The van der Waals surface area contributed by atoms with Gasteiger partial charge in [-0.05, 0) is 26.7 Å². The third-order valence-corrected chi connectivity index (χ3v) is 3.38. The number of hydrogen-bond acceptors (Lipinski definition) is 3. The van der Waals surface area contributed by atoms with Crippen LogP contribution in [0.5, 0.6) is 0 Å². The molecule has 0 saturated carbocycles. The zero-order valence-corrected chi connectivity index (χ0v) is 10.5. The topological polar surface area (TPSA) is 64.2 Å². The van der Waals surface area contributed by atoms with E-state index in [0.29, 0.717) is 0 Å². The quantitative estimate of drug-likeness (QED) is 0.832. The molecule has 1 aromatic heterocycles. The zero-order chi connectivity index (χ0) is 12.4. The van der Waals surface area contributed by atoms with Crippen LogP contribution in [0.15, 0.2) is 12.4 Å². The van der Waals surface area contributed by atoms with Crippen molar-refractivity contribution >= 4 is 5.91 Å². The standard InChI is InChI=1S/C12H20N4O/c1-9(13)12(17)16-6-3-4-11(16)8-15-7-5-14-10(15)2/h5,7,9,11H,3-4,6,8,13H2,1-2H3. The molecule has 1 amide bonds. The van der Waals surface area contributed by atoms with Gasteiger partial charge >= 0.3 is 0 Å². The SMILES string of the molecule is Cc1nccn1CC1CCCN1C(=O)C(C)N. The van der Waals surface area contributed by atoms with Crippen LogP contribution >= 0.6 is 0 Å². The molecule has 5 nitrogen and oxygen atoms in total. The first kappa shape index (κ1) is 12.1. The van der Waals surface area contributed by atoms with Crippen LogP contribution in [0.2, 0.25) is 0 Å². The number of hydrogen-bond donors (Lipinski definition) is 1. The van der Waals surface area contributed by atoms with Gasteiger partial charge < -0.3 is 15.2 Å². The van der Waals surface area contributed by atoms with Gasteiger partial charge in [0.2, 0.25) is 5.91 Å². The molecule has 2 N–H and O–H groups in total. The lowest BCUT2D eigenvalue weighted by Crippen LogP contribution is -2.45. The van der Waals surface area contributed by atoms with Crippen LogP contribution in [-0.2, 0) is 11.3 Å². The molecule has 0 spiro atoms. The van der Waals surface area contributed by atoms with E-state index in [1.807, 2.05) is 18.0 Å². The van der Waals surface area contributed by atoms with E-state index in [-0.39, 0.29) is 11.9 Å². The van der Waals surface area contributed by atoms with E-state index in [9.17, 15) is 4.79 Å². The number of nitrogens with zero attached hydrogens (tertiary/aromatic N) is 3. The molecule has 2 heterocycles.